The molecule has 0 aliphatic carbocycles. The van der Waals surface area contributed by atoms with E-state index in [1.54, 1.807) is 18.2 Å². The molecule has 2 heterocycles. The van der Waals surface area contributed by atoms with Crippen LogP contribution >= 0.6 is 11.6 Å². The van der Waals surface area contributed by atoms with Gasteiger partial charge in [-0.2, -0.15) is 0 Å². The van der Waals surface area contributed by atoms with Crippen molar-refractivity contribution in [2.24, 2.45) is 0 Å². The molecule has 0 spiro atoms. The van der Waals surface area contributed by atoms with Gasteiger partial charge in [-0.25, -0.2) is 9.18 Å². The second-order valence-corrected chi connectivity index (χ2v) is 7.06. The minimum Gasteiger partial charge on any atom is -0.423 e. The number of nitrogens with zero attached hydrogens (tertiary/aromatic N) is 1. The van der Waals surface area contributed by atoms with Gasteiger partial charge in [-0.15, -0.1) is 0 Å². The largest absolute Gasteiger partial charge is 0.423 e. The number of hydrogen-bond donors (Lipinski definition) is 1. The molecule has 1 N–H and O–H groups in total. The van der Waals surface area contributed by atoms with Gasteiger partial charge in [-0.3, -0.25) is 0 Å². The Morgan fingerprint density at radius 2 is 1.81 bits per heavy atom. The molecule has 1 aliphatic rings. The standard InChI is InChI=1S/C20H18ClFN2O2/c21-15-1-6-19-18(12-15)14(11-20(25)26-19)13-23-7-9-24(10-8-23)17-4-2-16(22)3-5-17/h1-6,11-12H,7-10,13H2/p+1. The van der Waals surface area contributed by atoms with Gasteiger partial charge < -0.3 is 14.2 Å². The van der Waals surface area contributed by atoms with Gasteiger partial charge in [-0.05, 0) is 42.5 Å². The molecule has 1 fully saturated rings. The highest BCUT2D eigenvalue weighted by Crippen LogP contribution is 2.21. The van der Waals surface area contributed by atoms with Crippen molar-refractivity contribution in [1.82, 2.24) is 0 Å². The summed E-state index contributed by atoms with van der Waals surface area (Å²) in [5.41, 5.74) is 2.24. The maximum Gasteiger partial charge on any atom is 0.336 e. The molecule has 1 saturated heterocycles. The normalized spacial score (nSPS) is 15.5. The first kappa shape index (κ1) is 17.1. The van der Waals surface area contributed by atoms with Gasteiger partial charge in [0.1, 0.15) is 17.9 Å². The summed E-state index contributed by atoms with van der Waals surface area (Å²) < 4.78 is 18.4. The summed E-state index contributed by atoms with van der Waals surface area (Å²) in [6.07, 6.45) is 0. The van der Waals surface area contributed by atoms with E-state index in [-0.39, 0.29) is 11.4 Å². The molecular formula is C20H19ClFN2O2+. The highest BCUT2D eigenvalue weighted by Gasteiger charge is 2.21. The van der Waals surface area contributed by atoms with Gasteiger partial charge in [0.05, 0.1) is 26.2 Å². The molecule has 0 atom stereocenters. The number of halogens is 2. The fraction of sp³-hybridized carbons (Fsp3) is 0.250. The van der Waals surface area contributed by atoms with Crippen LogP contribution in [0.5, 0.6) is 0 Å². The van der Waals surface area contributed by atoms with Crippen molar-refractivity contribution >= 4 is 28.3 Å². The fourth-order valence-electron chi connectivity index (χ4n) is 3.53. The lowest BCUT2D eigenvalue weighted by Gasteiger charge is -2.33. The highest BCUT2D eigenvalue weighted by molar-refractivity contribution is 6.31. The van der Waals surface area contributed by atoms with E-state index in [2.05, 4.69) is 4.90 Å². The van der Waals surface area contributed by atoms with Crippen LogP contribution in [-0.4, -0.2) is 26.2 Å². The van der Waals surface area contributed by atoms with Gasteiger partial charge in [0, 0.05) is 27.7 Å². The summed E-state index contributed by atoms with van der Waals surface area (Å²) in [6.45, 7) is 4.42. The second kappa shape index (κ2) is 7.09. The minimum atomic E-state index is -0.334. The van der Waals surface area contributed by atoms with Gasteiger partial charge in [0.2, 0.25) is 0 Å². The zero-order valence-electron chi connectivity index (χ0n) is 14.2. The number of benzene rings is 2. The quantitative estimate of drug-likeness (QED) is 0.717. The third-order valence-electron chi connectivity index (χ3n) is 4.89. The van der Waals surface area contributed by atoms with Crippen LogP contribution in [0.2, 0.25) is 5.02 Å². The number of fused-ring (bicyclic) bond motifs is 1. The Kier molecular flexibility index (Phi) is 4.66. The summed E-state index contributed by atoms with van der Waals surface area (Å²) in [6, 6.07) is 13.5. The Labute approximate surface area is 155 Å². The first-order valence-corrected chi connectivity index (χ1v) is 9.03. The Bertz CT molecular complexity index is 979. The lowest BCUT2D eigenvalue weighted by molar-refractivity contribution is -0.914. The molecule has 0 saturated carbocycles. The topological polar surface area (TPSA) is 37.9 Å². The van der Waals surface area contributed by atoms with Crippen LogP contribution in [0.3, 0.4) is 0 Å². The molecule has 0 amide bonds. The lowest BCUT2D eigenvalue weighted by Crippen LogP contribution is -3.13. The van der Waals surface area contributed by atoms with E-state index >= 15 is 0 Å². The Hall–Kier alpha value is -2.37. The lowest BCUT2D eigenvalue weighted by atomic mass is 10.1. The Morgan fingerprint density at radius 1 is 1.08 bits per heavy atom. The minimum absolute atomic E-state index is 0.216. The first-order chi connectivity index (χ1) is 12.6. The van der Waals surface area contributed by atoms with Gasteiger partial charge in [0.25, 0.3) is 0 Å². The van der Waals surface area contributed by atoms with Gasteiger partial charge in [0.15, 0.2) is 0 Å². The molecule has 4 rings (SSSR count). The molecule has 134 valence electrons. The molecule has 1 aromatic heterocycles. The summed E-state index contributed by atoms with van der Waals surface area (Å²) in [7, 11) is 0. The van der Waals surface area contributed by atoms with Crippen LogP contribution in [0.15, 0.2) is 57.7 Å². The number of hydrogen-bond acceptors (Lipinski definition) is 3. The molecule has 26 heavy (non-hydrogen) atoms. The van der Waals surface area contributed by atoms with Gasteiger partial charge >= 0.3 is 5.63 Å². The van der Waals surface area contributed by atoms with Crippen molar-refractivity contribution < 1.29 is 13.7 Å². The van der Waals surface area contributed by atoms with Crippen molar-refractivity contribution in [3.05, 3.63) is 75.4 Å². The number of nitrogens with one attached hydrogen (secondary N) is 1. The Balaban J connectivity index is 1.49. The van der Waals surface area contributed by atoms with Crippen molar-refractivity contribution in [3.8, 4) is 0 Å². The maximum atomic E-state index is 13.1. The van der Waals surface area contributed by atoms with E-state index in [4.69, 9.17) is 16.0 Å². The summed E-state index contributed by atoms with van der Waals surface area (Å²) in [5.74, 6) is -0.216. The van der Waals surface area contributed by atoms with Crippen LogP contribution in [-0.2, 0) is 6.54 Å². The van der Waals surface area contributed by atoms with E-state index in [0.29, 0.717) is 10.6 Å². The molecule has 0 bridgehead atoms. The van der Waals surface area contributed by atoms with Crippen molar-refractivity contribution in [3.63, 3.8) is 0 Å². The molecule has 0 unspecified atom stereocenters. The molecule has 4 nitrogen and oxygen atoms in total. The second-order valence-electron chi connectivity index (χ2n) is 6.62. The van der Waals surface area contributed by atoms with Crippen LogP contribution in [0.4, 0.5) is 10.1 Å². The van der Waals surface area contributed by atoms with Crippen LogP contribution in [0, 0.1) is 5.82 Å². The van der Waals surface area contributed by atoms with E-state index < -0.39 is 0 Å². The number of piperazine rings is 1. The zero-order valence-corrected chi connectivity index (χ0v) is 14.9. The molecule has 6 heteroatoms. The van der Waals surface area contributed by atoms with E-state index in [9.17, 15) is 9.18 Å². The van der Waals surface area contributed by atoms with Gasteiger partial charge in [-0.1, -0.05) is 11.6 Å². The van der Waals surface area contributed by atoms with Crippen LogP contribution in [0.25, 0.3) is 11.0 Å². The summed E-state index contributed by atoms with van der Waals surface area (Å²) in [4.78, 5) is 15.5. The zero-order chi connectivity index (χ0) is 18.1. The Morgan fingerprint density at radius 3 is 2.54 bits per heavy atom. The van der Waals surface area contributed by atoms with Crippen molar-refractivity contribution in [2.75, 3.05) is 31.1 Å². The van der Waals surface area contributed by atoms with E-state index in [1.165, 1.54) is 17.0 Å². The predicted octanol–water partition coefficient (Wildman–Crippen LogP) is 2.49. The molecular weight excluding hydrogens is 355 g/mol. The maximum absolute atomic E-state index is 13.1. The third-order valence-corrected chi connectivity index (χ3v) is 5.13. The summed E-state index contributed by atoms with van der Waals surface area (Å²) >= 11 is 6.11. The fourth-order valence-corrected chi connectivity index (χ4v) is 3.70. The number of anilines is 1. The SMILES string of the molecule is O=c1cc(C[NH+]2CCN(c3ccc(F)cc3)CC2)c2cc(Cl)ccc2o1. The molecule has 2 aromatic carbocycles. The average molecular weight is 374 g/mol. The van der Waals surface area contributed by atoms with E-state index in [0.717, 1.165) is 49.4 Å². The molecule has 1 aliphatic heterocycles. The molecule has 3 aromatic rings. The molecule has 0 radical (unpaired) electrons. The number of quaternary nitrogens is 1. The third kappa shape index (κ3) is 3.59. The first-order valence-electron chi connectivity index (χ1n) is 8.65. The smallest absolute Gasteiger partial charge is 0.336 e. The monoisotopic (exact) mass is 373 g/mol. The average Bonchev–Trinajstić information content (AvgIpc) is 2.64. The van der Waals surface area contributed by atoms with E-state index in [1.807, 2.05) is 18.2 Å². The highest BCUT2D eigenvalue weighted by atomic mass is 35.5. The van der Waals surface area contributed by atoms with Crippen molar-refractivity contribution in [2.45, 2.75) is 6.54 Å². The van der Waals surface area contributed by atoms with Crippen LogP contribution < -0.4 is 15.4 Å². The van der Waals surface area contributed by atoms with Crippen molar-refractivity contribution in [1.29, 1.82) is 0 Å². The number of rotatable bonds is 3. The van der Waals surface area contributed by atoms with Crippen LogP contribution in [0.1, 0.15) is 5.56 Å². The predicted molar refractivity (Wildman–Crippen MR) is 101 cm³/mol. The summed E-state index contributed by atoms with van der Waals surface area (Å²) in [5, 5.41) is 1.52.